The predicted molar refractivity (Wildman–Crippen MR) is 98.5 cm³/mol. The van der Waals surface area contributed by atoms with Gasteiger partial charge in [0.05, 0.1) is 20.9 Å². The maximum Gasteiger partial charge on any atom is 0.226 e. The molecule has 0 radical (unpaired) electrons. The molecular formula is C17H14Cl2N2OS. The number of nitrogens with one attached hydrogen (secondary N) is 1. The van der Waals surface area contributed by atoms with E-state index in [1.807, 2.05) is 38.1 Å². The fourth-order valence-corrected chi connectivity index (χ4v) is 3.65. The summed E-state index contributed by atoms with van der Waals surface area (Å²) in [6.45, 7) is 3.66. The molecule has 1 heterocycles. The smallest absolute Gasteiger partial charge is 0.226 e. The lowest BCUT2D eigenvalue weighted by molar-refractivity contribution is -0.118. The number of rotatable bonds is 3. The molecule has 3 aromatic rings. The Kier molecular flexibility index (Phi) is 4.57. The number of aromatic nitrogens is 1. The molecule has 118 valence electrons. The van der Waals surface area contributed by atoms with Gasteiger partial charge in [-0.15, -0.1) is 11.3 Å². The monoisotopic (exact) mass is 364 g/mol. The van der Waals surface area contributed by atoms with Crippen molar-refractivity contribution in [3.63, 3.8) is 0 Å². The third-order valence-corrected chi connectivity index (χ3v) is 4.94. The lowest BCUT2D eigenvalue weighted by atomic mass is 10.1. The summed E-state index contributed by atoms with van der Waals surface area (Å²) in [5.74, 6) is -0.249. The molecule has 0 saturated heterocycles. The minimum atomic E-state index is -0.148. The molecule has 1 N–H and O–H groups in total. The molecule has 0 bridgehead atoms. The normalized spacial score (nSPS) is 11.2. The van der Waals surface area contributed by atoms with E-state index in [1.165, 1.54) is 11.3 Å². The zero-order valence-electron chi connectivity index (χ0n) is 12.6. The highest BCUT2D eigenvalue weighted by Gasteiger charge is 2.18. The molecule has 1 aromatic heterocycles. The molecule has 0 spiro atoms. The number of hydrogen-bond acceptors (Lipinski definition) is 3. The van der Waals surface area contributed by atoms with Crippen LogP contribution in [0.3, 0.4) is 0 Å². The molecular weight excluding hydrogens is 351 g/mol. The van der Waals surface area contributed by atoms with Crippen LogP contribution in [0, 0.1) is 5.92 Å². The molecule has 2 aromatic carbocycles. The van der Waals surface area contributed by atoms with E-state index in [9.17, 15) is 4.79 Å². The van der Waals surface area contributed by atoms with E-state index in [1.54, 1.807) is 12.1 Å². The predicted octanol–water partition coefficient (Wildman–Crippen LogP) is 5.86. The Morgan fingerprint density at radius 1 is 1.22 bits per heavy atom. The maximum absolute atomic E-state index is 12.1. The van der Waals surface area contributed by atoms with Crippen LogP contribution in [0.1, 0.15) is 13.8 Å². The Labute approximate surface area is 148 Å². The van der Waals surface area contributed by atoms with E-state index in [4.69, 9.17) is 23.2 Å². The number of para-hydroxylation sites is 1. The highest BCUT2D eigenvalue weighted by molar-refractivity contribution is 7.21. The number of fused-ring (bicyclic) bond motifs is 1. The quantitative estimate of drug-likeness (QED) is 0.631. The SMILES string of the molecule is CC(C)C(=O)Nc1c(Cl)cc(Cl)cc1-c1nc2ccccc2s1. The summed E-state index contributed by atoms with van der Waals surface area (Å²) < 4.78 is 1.07. The third kappa shape index (κ3) is 3.34. The Balaban J connectivity index is 2.15. The standard InChI is InChI=1S/C17H14Cl2N2OS/c1-9(2)16(22)21-15-11(7-10(18)8-12(15)19)17-20-13-5-3-4-6-14(13)23-17/h3-9H,1-2H3,(H,21,22). The van der Waals surface area contributed by atoms with E-state index in [0.29, 0.717) is 15.7 Å². The van der Waals surface area contributed by atoms with E-state index in [2.05, 4.69) is 10.3 Å². The van der Waals surface area contributed by atoms with Crippen LogP contribution in [-0.2, 0) is 4.79 Å². The van der Waals surface area contributed by atoms with Gasteiger partial charge in [-0.2, -0.15) is 0 Å². The van der Waals surface area contributed by atoms with Crippen LogP contribution in [0.15, 0.2) is 36.4 Å². The topological polar surface area (TPSA) is 42.0 Å². The zero-order chi connectivity index (χ0) is 16.6. The van der Waals surface area contributed by atoms with Gasteiger partial charge in [-0.3, -0.25) is 4.79 Å². The molecule has 0 aliphatic rings. The minimum absolute atomic E-state index is 0.100. The summed E-state index contributed by atoms with van der Waals surface area (Å²) in [7, 11) is 0. The molecule has 23 heavy (non-hydrogen) atoms. The number of hydrogen-bond donors (Lipinski definition) is 1. The average Bonchev–Trinajstić information content (AvgIpc) is 2.93. The van der Waals surface area contributed by atoms with Crippen molar-refractivity contribution >= 4 is 56.3 Å². The lowest BCUT2D eigenvalue weighted by Gasteiger charge is -2.13. The summed E-state index contributed by atoms with van der Waals surface area (Å²) in [5, 5.41) is 4.57. The summed E-state index contributed by atoms with van der Waals surface area (Å²) in [4.78, 5) is 16.7. The minimum Gasteiger partial charge on any atom is -0.324 e. The first-order chi connectivity index (χ1) is 11.0. The highest BCUT2D eigenvalue weighted by Crippen LogP contribution is 2.40. The van der Waals surface area contributed by atoms with Crippen LogP contribution < -0.4 is 5.32 Å². The van der Waals surface area contributed by atoms with Crippen molar-refractivity contribution in [3.05, 3.63) is 46.4 Å². The largest absolute Gasteiger partial charge is 0.324 e. The molecule has 0 saturated carbocycles. The Hall–Kier alpha value is -1.62. The maximum atomic E-state index is 12.1. The van der Waals surface area contributed by atoms with Gasteiger partial charge in [0.1, 0.15) is 5.01 Å². The molecule has 0 unspecified atom stereocenters. The number of nitrogens with zero attached hydrogens (tertiary/aromatic N) is 1. The average molecular weight is 365 g/mol. The Bertz CT molecular complexity index is 856. The van der Waals surface area contributed by atoms with Crippen molar-refractivity contribution < 1.29 is 4.79 Å². The summed E-state index contributed by atoms with van der Waals surface area (Å²) >= 11 is 14.0. The molecule has 1 amide bonds. The van der Waals surface area contributed by atoms with Crippen LogP contribution >= 0.6 is 34.5 Å². The van der Waals surface area contributed by atoms with Gasteiger partial charge < -0.3 is 5.32 Å². The highest BCUT2D eigenvalue weighted by atomic mass is 35.5. The van der Waals surface area contributed by atoms with Crippen molar-refractivity contribution in [1.82, 2.24) is 4.98 Å². The second kappa shape index (κ2) is 6.48. The fourth-order valence-electron chi connectivity index (χ4n) is 2.12. The van der Waals surface area contributed by atoms with E-state index in [0.717, 1.165) is 20.8 Å². The molecule has 0 aliphatic carbocycles. The Morgan fingerprint density at radius 3 is 2.65 bits per heavy atom. The van der Waals surface area contributed by atoms with Gasteiger partial charge in [-0.25, -0.2) is 4.98 Å². The second-order valence-electron chi connectivity index (χ2n) is 5.44. The number of benzene rings is 2. The van der Waals surface area contributed by atoms with Crippen molar-refractivity contribution in [2.75, 3.05) is 5.32 Å². The Morgan fingerprint density at radius 2 is 1.96 bits per heavy atom. The van der Waals surface area contributed by atoms with Crippen molar-refractivity contribution in [3.8, 4) is 10.6 Å². The van der Waals surface area contributed by atoms with Gasteiger partial charge in [0.2, 0.25) is 5.91 Å². The number of carbonyl (C=O) groups excluding carboxylic acids is 1. The van der Waals surface area contributed by atoms with E-state index >= 15 is 0 Å². The van der Waals surface area contributed by atoms with Crippen LogP contribution in [0.4, 0.5) is 5.69 Å². The first-order valence-electron chi connectivity index (χ1n) is 7.11. The van der Waals surface area contributed by atoms with Crippen molar-refractivity contribution in [2.45, 2.75) is 13.8 Å². The van der Waals surface area contributed by atoms with Crippen LogP contribution in [0.2, 0.25) is 10.0 Å². The summed E-state index contributed by atoms with van der Waals surface area (Å²) in [6, 6.07) is 11.3. The van der Waals surface area contributed by atoms with Crippen molar-refractivity contribution in [2.24, 2.45) is 5.92 Å². The number of carbonyl (C=O) groups is 1. The molecule has 0 aliphatic heterocycles. The van der Waals surface area contributed by atoms with Crippen LogP contribution in [-0.4, -0.2) is 10.9 Å². The molecule has 0 fully saturated rings. The van der Waals surface area contributed by atoms with Gasteiger partial charge in [0.15, 0.2) is 0 Å². The molecule has 6 heteroatoms. The third-order valence-electron chi connectivity index (χ3n) is 3.35. The van der Waals surface area contributed by atoms with E-state index in [-0.39, 0.29) is 11.8 Å². The van der Waals surface area contributed by atoms with Gasteiger partial charge in [0, 0.05) is 16.5 Å². The summed E-state index contributed by atoms with van der Waals surface area (Å²) in [5.41, 5.74) is 2.19. The lowest BCUT2D eigenvalue weighted by Crippen LogP contribution is -2.18. The van der Waals surface area contributed by atoms with Gasteiger partial charge in [-0.1, -0.05) is 49.2 Å². The molecule has 0 atom stereocenters. The number of halogens is 2. The second-order valence-corrected chi connectivity index (χ2v) is 7.32. The fraction of sp³-hybridized carbons (Fsp3) is 0.176. The van der Waals surface area contributed by atoms with Gasteiger partial charge in [0.25, 0.3) is 0 Å². The van der Waals surface area contributed by atoms with Gasteiger partial charge in [-0.05, 0) is 24.3 Å². The first-order valence-corrected chi connectivity index (χ1v) is 8.69. The number of thiazole rings is 1. The molecule has 3 nitrogen and oxygen atoms in total. The van der Waals surface area contributed by atoms with Crippen LogP contribution in [0.5, 0.6) is 0 Å². The number of amides is 1. The number of anilines is 1. The summed E-state index contributed by atoms with van der Waals surface area (Å²) in [6.07, 6.45) is 0. The van der Waals surface area contributed by atoms with Gasteiger partial charge >= 0.3 is 0 Å². The van der Waals surface area contributed by atoms with Crippen LogP contribution in [0.25, 0.3) is 20.8 Å². The molecule has 3 rings (SSSR count). The first kappa shape index (κ1) is 16.2. The van der Waals surface area contributed by atoms with Crippen molar-refractivity contribution in [1.29, 1.82) is 0 Å². The van der Waals surface area contributed by atoms with E-state index < -0.39 is 0 Å². The zero-order valence-corrected chi connectivity index (χ0v) is 14.9.